The second-order valence-electron chi connectivity index (χ2n) is 5.26. The average Bonchev–Trinajstić information content (AvgIpc) is 2.43. The van der Waals surface area contributed by atoms with Gasteiger partial charge in [0.1, 0.15) is 0 Å². The Bertz CT molecular complexity index is 333. The van der Waals surface area contributed by atoms with Crippen molar-refractivity contribution in [3.63, 3.8) is 0 Å². The number of hydrogen-bond donors (Lipinski definition) is 1. The maximum absolute atomic E-state index is 12.3. The van der Waals surface area contributed by atoms with Crippen molar-refractivity contribution in [3.8, 4) is 0 Å². The molecule has 0 aliphatic carbocycles. The van der Waals surface area contributed by atoms with E-state index in [1.807, 2.05) is 20.8 Å². The molecule has 102 valence electrons. The normalized spacial score (nSPS) is 22.1. The van der Waals surface area contributed by atoms with E-state index in [0.717, 1.165) is 25.7 Å². The van der Waals surface area contributed by atoms with Crippen molar-refractivity contribution in [2.24, 2.45) is 0 Å². The highest BCUT2D eigenvalue weighted by Crippen LogP contribution is 2.20. The average molecular weight is 327 g/mol. The van der Waals surface area contributed by atoms with Gasteiger partial charge in [0.05, 0.1) is 0 Å². The molecule has 17 heavy (non-hydrogen) atoms. The minimum atomic E-state index is -3.36. The quantitative estimate of drug-likeness (QED) is 0.805. The van der Waals surface area contributed by atoms with Crippen molar-refractivity contribution in [2.45, 2.75) is 56.8 Å². The number of nitrogens with zero attached hydrogens (tertiary/aromatic N) is 1. The Labute approximate surface area is 113 Å². The van der Waals surface area contributed by atoms with Gasteiger partial charge in [0.2, 0.25) is 0 Å². The van der Waals surface area contributed by atoms with E-state index in [0.29, 0.717) is 13.1 Å². The van der Waals surface area contributed by atoms with E-state index >= 15 is 0 Å². The van der Waals surface area contributed by atoms with Crippen LogP contribution in [0.25, 0.3) is 0 Å². The first-order valence-electron chi connectivity index (χ1n) is 6.19. The Morgan fingerprint density at radius 2 is 1.65 bits per heavy atom. The van der Waals surface area contributed by atoms with Crippen LogP contribution >= 0.6 is 15.9 Å². The summed E-state index contributed by atoms with van der Waals surface area (Å²) >= 11 is 3.44. The molecular weight excluding hydrogens is 304 g/mol. The van der Waals surface area contributed by atoms with Crippen molar-refractivity contribution in [1.82, 2.24) is 9.03 Å². The maximum Gasteiger partial charge on any atom is 0.279 e. The lowest BCUT2D eigenvalue weighted by molar-refractivity contribution is 0.383. The molecule has 1 aliphatic rings. The van der Waals surface area contributed by atoms with Gasteiger partial charge in [-0.15, -0.1) is 0 Å². The fourth-order valence-electron chi connectivity index (χ4n) is 1.76. The lowest BCUT2D eigenvalue weighted by Crippen LogP contribution is -2.54. The van der Waals surface area contributed by atoms with Crippen molar-refractivity contribution in [2.75, 3.05) is 13.1 Å². The van der Waals surface area contributed by atoms with Crippen LogP contribution in [0.1, 0.15) is 46.5 Å². The third-order valence-electron chi connectivity index (χ3n) is 3.29. The molecule has 6 heteroatoms. The van der Waals surface area contributed by atoms with Gasteiger partial charge in [0, 0.05) is 23.5 Å². The molecule has 4 nitrogen and oxygen atoms in total. The summed E-state index contributed by atoms with van der Waals surface area (Å²) in [6.07, 6.45) is 4.19. The second kappa shape index (κ2) is 5.99. The molecule has 0 saturated carbocycles. The van der Waals surface area contributed by atoms with E-state index in [4.69, 9.17) is 0 Å². The van der Waals surface area contributed by atoms with Crippen LogP contribution in [-0.4, -0.2) is 36.2 Å². The molecule has 1 unspecified atom stereocenters. The van der Waals surface area contributed by atoms with Gasteiger partial charge in [0.15, 0.2) is 0 Å². The molecule has 1 atom stereocenters. The minimum absolute atomic E-state index is 0.0803. The van der Waals surface area contributed by atoms with Crippen molar-refractivity contribution < 1.29 is 8.42 Å². The SMILES string of the molecule is CC(Br)C(C)(C)NS(=O)(=O)N1CCCCCC1. The number of rotatable bonds is 4. The molecule has 1 saturated heterocycles. The molecule has 0 radical (unpaired) electrons. The topological polar surface area (TPSA) is 49.4 Å². The molecule has 1 rings (SSSR count). The van der Waals surface area contributed by atoms with Crippen LogP contribution in [-0.2, 0) is 10.2 Å². The predicted octanol–water partition coefficient (Wildman–Crippen LogP) is 2.26. The zero-order valence-electron chi connectivity index (χ0n) is 10.9. The van der Waals surface area contributed by atoms with Gasteiger partial charge < -0.3 is 0 Å². The predicted molar refractivity (Wildman–Crippen MR) is 74.6 cm³/mol. The summed E-state index contributed by atoms with van der Waals surface area (Å²) in [7, 11) is -3.36. The number of hydrogen-bond acceptors (Lipinski definition) is 2. The van der Waals surface area contributed by atoms with E-state index in [1.165, 1.54) is 0 Å². The molecule has 1 heterocycles. The Morgan fingerprint density at radius 1 is 1.18 bits per heavy atom. The highest BCUT2D eigenvalue weighted by Gasteiger charge is 2.32. The Hall–Kier alpha value is 0.350. The third kappa shape index (κ3) is 4.50. The molecule has 1 fully saturated rings. The van der Waals surface area contributed by atoms with Crippen LogP contribution < -0.4 is 4.72 Å². The Morgan fingerprint density at radius 3 is 2.06 bits per heavy atom. The first-order chi connectivity index (χ1) is 7.76. The largest absolute Gasteiger partial charge is 0.279 e. The highest BCUT2D eigenvalue weighted by molar-refractivity contribution is 9.09. The van der Waals surface area contributed by atoms with Crippen LogP contribution in [0.3, 0.4) is 0 Å². The second-order valence-corrected chi connectivity index (χ2v) is 8.30. The Kier molecular flexibility index (Phi) is 5.43. The van der Waals surface area contributed by atoms with Gasteiger partial charge in [-0.2, -0.15) is 17.4 Å². The first kappa shape index (κ1) is 15.4. The van der Waals surface area contributed by atoms with Crippen LogP contribution in [0.2, 0.25) is 0 Å². The summed E-state index contributed by atoms with van der Waals surface area (Å²) < 4.78 is 28.9. The molecular formula is C11H23BrN2O2S. The summed E-state index contributed by atoms with van der Waals surface area (Å²) in [6, 6.07) is 0. The van der Waals surface area contributed by atoms with E-state index in [2.05, 4.69) is 20.7 Å². The van der Waals surface area contributed by atoms with Gasteiger partial charge >= 0.3 is 0 Å². The zero-order chi connectivity index (χ0) is 13.1. The first-order valence-corrected chi connectivity index (χ1v) is 8.54. The molecule has 0 aromatic heterocycles. The summed E-state index contributed by atoms with van der Waals surface area (Å²) in [5, 5.41) is 0. The van der Waals surface area contributed by atoms with Crippen LogP contribution in [0, 0.1) is 0 Å². The summed E-state index contributed by atoms with van der Waals surface area (Å²) in [4.78, 5) is 0.0803. The van der Waals surface area contributed by atoms with Crippen LogP contribution in [0.5, 0.6) is 0 Å². The van der Waals surface area contributed by atoms with Gasteiger partial charge in [-0.05, 0) is 26.7 Å². The summed E-state index contributed by atoms with van der Waals surface area (Å²) in [5.41, 5.74) is -0.481. The Balaban J connectivity index is 2.73. The molecule has 0 bridgehead atoms. The van der Waals surface area contributed by atoms with Crippen LogP contribution in [0.15, 0.2) is 0 Å². The highest BCUT2D eigenvalue weighted by atomic mass is 79.9. The van der Waals surface area contributed by atoms with Gasteiger partial charge in [-0.3, -0.25) is 0 Å². The van der Waals surface area contributed by atoms with Crippen molar-refractivity contribution in [1.29, 1.82) is 0 Å². The monoisotopic (exact) mass is 326 g/mol. The summed E-state index contributed by atoms with van der Waals surface area (Å²) in [6.45, 7) is 7.01. The molecule has 0 aromatic rings. The van der Waals surface area contributed by atoms with Gasteiger partial charge in [-0.1, -0.05) is 35.7 Å². The van der Waals surface area contributed by atoms with E-state index < -0.39 is 15.7 Å². The fraction of sp³-hybridized carbons (Fsp3) is 1.00. The molecule has 1 N–H and O–H groups in total. The van der Waals surface area contributed by atoms with E-state index in [1.54, 1.807) is 4.31 Å². The maximum atomic E-state index is 12.3. The number of nitrogens with one attached hydrogen (secondary N) is 1. The van der Waals surface area contributed by atoms with Gasteiger partial charge in [-0.25, -0.2) is 0 Å². The molecule has 0 aromatic carbocycles. The van der Waals surface area contributed by atoms with Crippen molar-refractivity contribution >= 4 is 26.1 Å². The number of halogens is 1. The number of alkyl halides is 1. The molecule has 1 aliphatic heterocycles. The molecule has 0 amide bonds. The van der Waals surface area contributed by atoms with Crippen LogP contribution in [0.4, 0.5) is 0 Å². The molecule has 0 spiro atoms. The third-order valence-corrected chi connectivity index (χ3v) is 6.27. The van der Waals surface area contributed by atoms with E-state index in [-0.39, 0.29) is 4.83 Å². The smallest absolute Gasteiger partial charge is 0.195 e. The summed E-state index contributed by atoms with van der Waals surface area (Å²) in [5.74, 6) is 0. The van der Waals surface area contributed by atoms with Crippen molar-refractivity contribution in [3.05, 3.63) is 0 Å². The fourth-order valence-corrected chi connectivity index (χ4v) is 3.74. The minimum Gasteiger partial charge on any atom is -0.195 e. The van der Waals surface area contributed by atoms with E-state index in [9.17, 15) is 8.42 Å². The standard InChI is InChI=1S/C11H23BrN2O2S/c1-10(12)11(2,3)13-17(15,16)14-8-6-4-5-7-9-14/h10,13H,4-9H2,1-3H3. The lowest BCUT2D eigenvalue weighted by Gasteiger charge is -2.32. The lowest BCUT2D eigenvalue weighted by atomic mass is 10.0. The zero-order valence-corrected chi connectivity index (χ0v) is 13.3. The van der Waals surface area contributed by atoms with Gasteiger partial charge in [0.25, 0.3) is 10.2 Å².